The van der Waals surface area contributed by atoms with Gasteiger partial charge in [-0.3, -0.25) is 19.7 Å². The third kappa shape index (κ3) is 3.46. The Morgan fingerprint density at radius 2 is 2.08 bits per heavy atom. The lowest BCUT2D eigenvalue weighted by molar-refractivity contribution is -0.147. The summed E-state index contributed by atoms with van der Waals surface area (Å²) in [4.78, 5) is 39.6. The SMILES string of the molecule is CC(C)CC1NC2(CCN(C(=O)c3ccco3)CC2)N(CC(=O)O)C1=O. The number of carbonyl (C=O) groups excluding carboxylic acids is 2. The molecule has 0 radical (unpaired) electrons. The van der Waals surface area contributed by atoms with Crippen LogP contribution in [0.25, 0.3) is 0 Å². The molecule has 0 aromatic carbocycles. The van der Waals surface area contributed by atoms with E-state index in [4.69, 9.17) is 4.42 Å². The summed E-state index contributed by atoms with van der Waals surface area (Å²) in [5.74, 6) is -0.765. The molecule has 2 N–H and O–H groups in total. The zero-order valence-electron chi connectivity index (χ0n) is 15.1. The molecule has 8 heteroatoms. The van der Waals surface area contributed by atoms with Gasteiger partial charge in [-0.15, -0.1) is 0 Å². The number of aliphatic carboxylic acids is 1. The number of carboxylic acid groups (broad SMARTS) is 1. The van der Waals surface area contributed by atoms with Crippen molar-refractivity contribution in [2.45, 2.75) is 44.8 Å². The van der Waals surface area contributed by atoms with Crippen LogP contribution < -0.4 is 5.32 Å². The van der Waals surface area contributed by atoms with Gasteiger partial charge in [0.15, 0.2) is 5.76 Å². The van der Waals surface area contributed by atoms with Gasteiger partial charge in [-0.05, 0) is 24.5 Å². The van der Waals surface area contributed by atoms with E-state index in [1.54, 1.807) is 17.0 Å². The summed E-state index contributed by atoms with van der Waals surface area (Å²) < 4.78 is 5.17. The fraction of sp³-hybridized carbons (Fsp3) is 0.611. The number of amides is 2. The third-order valence-corrected chi connectivity index (χ3v) is 5.13. The van der Waals surface area contributed by atoms with Gasteiger partial charge in [0.1, 0.15) is 6.54 Å². The van der Waals surface area contributed by atoms with Crippen LogP contribution in [0.4, 0.5) is 0 Å². The largest absolute Gasteiger partial charge is 0.480 e. The molecule has 1 aromatic heterocycles. The van der Waals surface area contributed by atoms with Crippen molar-refractivity contribution in [2.75, 3.05) is 19.6 Å². The van der Waals surface area contributed by atoms with E-state index >= 15 is 0 Å². The van der Waals surface area contributed by atoms with E-state index in [1.165, 1.54) is 11.2 Å². The second-order valence-corrected chi connectivity index (χ2v) is 7.45. The molecule has 2 amide bonds. The van der Waals surface area contributed by atoms with Gasteiger partial charge in [0.25, 0.3) is 5.91 Å². The van der Waals surface area contributed by atoms with Crippen LogP contribution in [0.2, 0.25) is 0 Å². The fourth-order valence-corrected chi connectivity index (χ4v) is 3.91. The lowest BCUT2D eigenvalue weighted by Crippen LogP contribution is -2.60. The van der Waals surface area contributed by atoms with E-state index in [0.717, 1.165) is 0 Å². The standard InChI is InChI=1S/C18H25N3O5/c1-12(2)10-13-16(24)21(11-15(22)23)18(19-13)5-7-20(8-6-18)17(25)14-4-3-9-26-14/h3-4,9,12-13,19H,5-8,10-11H2,1-2H3,(H,22,23). The number of hydrogen-bond acceptors (Lipinski definition) is 5. The number of carbonyl (C=O) groups is 3. The van der Waals surface area contributed by atoms with Gasteiger partial charge < -0.3 is 19.3 Å². The molecule has 0 aliphatic carbocycles. The van der Waals surface area contributed by atoms with Gasteiger partial charge >= 0.3 is 5.97 Å². The Morgan fingerprint density at radius 1 is 1.38 bits per heavy atom. The molecule has 2 saturated heterocycles. The molecule has 1 aromatic rings. The van der Waals surface area contributed by atoms with Gasteiger partial charge in [0, 0.05) is 25.9 Å². The van der Waals surface area contributed by atoms with Gasteiger partial charge in [-0.1, -0.05) is 13.8 Å². The minimum atomic E-state index is -1.03. The third-order valence-electron chi connectivity index (χ3n) is 5.13. The fourth-order valence-electron chi connectivity index (χ4n) is 3.91. The molecule has 8 nitrogen and oxygen atoms in total. The smallest absolute Gasteiger partial charge is 0.323 e. The van der Waals surface area contributed by atoms with Gasteiger partial charge in [0.05, 0.1) is 18.0 Å². The first kappa shape index (κ1) is 18.4. The van der Waals surface area contributed by atoms with E-state index in [9.17, 15) is 19.5 Å². The molecular weight excluding hydrogens is 338 g/mol. The molecule has 1 spiro atoms. The number of nitrogens with one attached hydrogen (secondary N) is 1. The molecule has 2 fully saturated rings. The molecule has 3 heterocycles. The van der Waals surface area contributed by atoms with Crippen LogP contribution in [0.5, 0.6) is 0 Å². The van der Waals surface area contributed by atoms with Crippen LogP contribution in [0, 0.1) is 5.92 Å². The monoisotopic (exact) mass is 363 g/mol. The highest BCUT2D eigenvalue weighted by Gasteiger charge is 2.52. The molecule has 3 rings (SSSR count). The summed E-state index contributed by atoms with van der Waals surface area (Å²) in [5.41, 5.74) is -0.699. The first-order chi connectivity index (χ1) is 12.3. The van der Waals surface area contributed by atoms with Crippen LogP contribution in [0.3, 0.4) is 0 Å². The Hall–Kier alpha value is -2.35. The highest BCUT2D eigenvalue weighted by molar-refractivity contribution is 5.92. The van der Waals surface area contributed by atoms with Crippen LogP contribution in [-0.4, -0.2) is 64.0 Å². The van der Waals surface area contributed by atoms with Crippen molar-refractivity contribution in [3.63, 3.8) is 0 Å². The van der Waals surface area contributed by atoms with Gasteiger partial charge in [-0.2, -0.15) is 0 Å². The minimum Gasteiger partial charge on any atom is -0.480 e. The zero-order chi connectivity index (χ0) is 18.9. The van der Waals surface area contributed by atoms with Crippen molar-refractivity contribution in [1.82, 2.24) is 15.1 Å². The maximum atomic E-state index is 12.8. The maximum absolute atomic E-state index is 12.8. The molecule has 2 aliphatic heterocycles. The van der Waals surface area contributed by atoms with Crippen molar-refractivity contribution in [3.05, 3.63) is 24.2 Å². The van der Waals surface area contributed by atoms with E-state index < -0.39 is 11.6 Å². The quantitative estimate of drug-likeness (QED) is 0.813. The molecule has 1 unspecified atom stereocenters. The first-order valence-corrected chi connectivity index (χ1v) is 8.96. The number of rotatable bonds is 5. The second-order valence-electron chi connectivity index (χ2n) is 7.45. The molecule has 2 aliphatic rings. The topological polar surface area (TPSA) is 103 Å². The molecule has 142 valence electrons. The number of carboxylic acids is 1. The Bertz CT molecular complexity index is 677. The molecule has 1 atom stereocenters. The minimum absolute atomic E-state index is 0.160. The molecule has 0 bridgehead atoms. The number of hydrogen-bond donors (Lipinski definition) is 2. The zero-order valence-corrected chi connectivity index (χ0v) is 15.1. The van der Waals surface area contributed by atoms with Crippen molar-refractivity contribution in [3.8, 4) is 0 Å². The van der Waals surface area contributed by atoms with Crippen LogP contribution in [0.1, 0.15) is 43.7 Å². The lowest BCUT2D eigenvalue weighted by atomic mass is 9.95. The Kier molecular flexibility index (Phi) is 5.04. The summed E-state index contributed by atoms with van der Waals surface area (Å²) in [6, 6.07) is 2.92. The van der Waals surface area contributed by atoms with E-state index in [2.05, 4.69) is 5.32 Å². The summed E-state index contributed by atoms with van der Waals surface area (Å²) in [7, 11) is 0. The number of likely N-dealkylation sites (tertiary alicyclic amines) is 1. The lowest BCUT2D eigenvalue weighted by Gasteiger charge is -2.44. The van der Waals surface area contributed by atoms with Crippen molar-refractivity contribution in [2.24, 2.45) is 5.92 Å². The number of furan rings is 1. The van der Waals surface area contributed by atoms with Crippen molar-refractivity contribution in [1.29, 1.82) is 0 Å². The Labute approximate surface area is 152 Å². The summed E-state index contributed by atoms with van der Waals surface area (Å²) in [6.07, 6.45) is 3.10. The van der Waals surface area contributed by atoms with E-state index in [0.29, 0.717) is 38.3 Å². The molecule has 26 heavy (non-hydrogen) atoms. The van der Waals surface area contributed by atoms with Crippen LogP contribution >= 0.6 is 0 Å². The highest BCUT2D eigenvalue weighted by atomic mass is 16.4. The summed E-state index contributed by atoms with van der Waals surface area (Å²) in [6.45, 7) is 4.61. The first-order valence-electron chi connectivity index (χ1n) is 8.96. The van der Waals surface area contributed by atoms with Crippen LogP contribution in [-0.2, 0) is 9.59 Å². The average molecular weight is 363 g/mol. The van der Waals surface area contributed by atoms with Gasteiger partial charge in [0.2, 0.25) is 5.91 Å². The number of nitrogens with zero attached hydrogens (tertiary/aromatic N) is 2. The maximum Gasteiger partial charge on any atom is 0.323 e. The van der Waals surface area contributed by atoms with Crippen LogP contribution in [0.15, 0.2) is 22.8 Å². The Morgan fingerprint density at radius 3 is 2.62 bits per heavy atom. The summed E-state index contributed by atoms with van der Waals surface area (Å²) >= 11 is 0. The van der Waals surface area contributed by atoms with E-state index in [1.807, 2.05) is 13.8 Å². The average Bonchev–Trinajstić information content (AvgIpc) is 3.19. The predicted octanol–water partition coefficient (Wildman–Crippen LogP) is 1.14. The van der Waals surface area contributed by atoms with E-state index in [-0.39, 0.29) is 30.2 Å². The normalized spacial score (nSPS) is 22.4. The molecular formula is C18H25N3O5. The van der Waals surface area contributed by atoms with Crippen molar-refractivity contribution >= 4 is 17.8 Å². The van der Waals surface area contributed by atoms with Gasteiger partial charge in [-0.25, -0.2) is 0 Å². The van der Waals surface area contributed by atoms with Crippen molar-refractivity contribution < 1.29 is 23.9 Å². The summed E-state index contributed by atoms with van der Waals surface area (Å²) in [5, 5.41) is 12.6. The predicted molar refractivity (Wildman–Crippen MR) is 92.3 cm³/mol. The second kappa shape index (κ2) is 7.11. The Balaban J connectivity index is 1.74. The number of piperidine rings is 1. The molecule has 0 saturated carbocycles. The highest BCUT2D eigenvalue weighted by Crippen LogP contribution is 2.34.